The van der Waals surface area contributed by atoms with Gasteiger partial charge in [0.2, 0.25) is 0 Å². The van der Waals surface area contributed by atoms with Crippen LogP contribution < -0.4 is 0 Å². The lowest BCUT2D eigenvalue weighted by Crippen LogP contribution is -2.41. The summed E-state index contributed by atoms with van der Waals surface area (Å²) in [7, 11) is 0. The highest BCUT2D eigenvalue weighted by atomic mass is 16.6. The number of hydrogen-bond donors (Lipinski definition) is 0. The zero-order valence-corrected chi connectivity index (χ0v) is 17.1. The summed E-state index contributed by atoms with van der Waals surface area (Å²) in [5.41, 5.74) is 0. The Hall–Kier alpha value is -3.19. The van der Waals surface area contributed by atoms with Gasteiger partial charge in [0.05, 0.1) is 69.4 Å². The van der Waals surface area contributed by atoms with Crippen LogP contribution in [0.1, 0.15) is 44.9 Å². The van der Waals surface area contributed by atoms with Crippen molar-refractivity contribution >= 4 is 0 Å². The highest BCUT2D eigenvalue weighted by Crippen LogP contribution is 2.18. The highest BCUT2D eigenvalue weighted by molar-refractivity contribution is 5.04. The Balaban J connectivity index is 5.61. The van der Waals surface area contributed by atoms with Crippen LogP contribution in [0.15, 0.2) is 24.3 Å². The number of rotatable bonds is 17. The monoisotopic (exact) mass is 409 g/mol. The van der Waals surface area contributed by atoms with Crippen molar-refractivity contribution in [3.63, 3.8) is 0 Å². The van der Waals surface area contributed by atoms with E-state index in [4.69, 9.17) is 40.5 Å². The van der Waals surface area contributed by atoms with E-state index in [1.54, 1.807) is 12.2 Å². The molecule has 0 aromatic heterocycles. The summed E-state index contributed by atoms with van der Waals surface area (Å²) in [5.74, 6) is 0. The molecule has 0 spiro atoms. The van der Waals surface area contributed by atoms with Crippen LogP contribution in [0.3, 0.4) is 0 Å². The van der Waals surface area contributed by atoms with Crippen LogP contribution in [-0.2, 0) is 14.2 Å². The van der Waals surface area contributed by atoms with Crippen molar-refractivity contribution in [1.29, 1.82) is 26.3 Å². The number of nitrogens with zero attached hydrogens (tertiary/aromatic N) is 5. The van der Waals surface area contributed by atoms with E-state index in [-0.39, 0.29) is 39.1 Å². The predicted octanol–water partition coefficient (Wildman–Crippen LogP) is 3.60. The Kier molecular flexibility index (Phi) is 18.4. The second-order valence-corrected chi connectivity index (χ2v) is 5.98. The molecule has 158 valence electrons. The van der Waals surface area contributed by atoms with Gasteiger partial charge < -0.3 is 14.2 Å². The number of nitriles is 5. The smallest absolute Gasteiger partial charge is 0.117 e. The molecule has 0 saturated carbocycles. The molecule has 0 aliphatic rings. The van der Waals surface area contributed by atoms with E-state index in [0.717, 1.165) is 0 Å². The lowest BCUT2D eigenvalue weighted by Gasteiger charge is -2.30. The van der Waals surface area contributed by atoms with Gasteiger partial charge in [0, 0.05) is 12.8 Å². The third-order valence-corrected chi connectivity index (χ3v) is 3.72. The van der Waals surface area contributed by atoms with Crippen molar-refractivity contribution in [1.82, 2.24) is 0 Å². The lowest BCUT2D eigenvalue weighted by atomic mass is 10.0. The maximum atomic E-state index is 8.85. The van der Waals surface area contributed by atoms with E-state index < -0.39 is 18.3 Å². The molecule has 0 bridgehead atoms. The summed E-state index contributed by atoms with van der Waals surface area (Å²) in [6.07, 6.45) is 7.76. The third kappa shape index (κ3) is 13.9. The second kappa shape index (κ2) is 20.5. The first-order valence-electron chi connectivity index (χ1n) is 9.78. The van der Waals surface area contributed by atoms with Crippen LogP contribution in [0.25, 0.3) is 0 Å². The van der Waals surface area contributed by atoms with E-state index >= 15 is 0 Å². The number of hydrogen-bond acceptors (Lipinski definition) is 8. The molecule has 0 aromatic carbocycles. The van der Waals surface area contributed by atoms with Gasteiger partial charge in [-0.15, -0.1) is 0 Å². The van der Waals surface area contributed by atoms with Crippen molar-refractivity contribution in [2.45, 2.75) is 63.3 Å². The molecule has 8 heteroatoms. The largest absolute Gasteiger partial charge is 0.371 e. The fourth-order valence-corrected chi connectivity index (χ4v) is 2.37. The zero-order valence-electron chi connectivity index (χ0n) is 17.1. The molecule has 2 unspecified atom stereocenters. The van der Waals surface area contributed by atoms with Crippen LogP contribution in [0.4, 0.5) is 0 Å². The fraction of sp³-hybridized carbons (Fsp3) is 0.591. The molecule has 2 atom stereocenters. The minimum atomic E-state index is -0.632. The summed E-state index contributed by atoms with van der Waals surface area (Å²) >= 11 is 0. The molecule has 0 aliphatic carbocycles. The Bertz CT molecular complexity index is 664. The van der Waals surface area contributed by atoms with E-state index in [0.29, 0.717) is 25.7 Å². The molecule has 0 radical (unpaired) electrons. The summed E-state index contributed by atoms with van der Waals surface area (Å²) in [5, 5.41) is 43.9. The van der Waals surface area contributed by atoms with Gasteiger partial charge in [-0.1, -0.05) is 24.3 Å². The van der Waals surface area contributed by atoms with E-state index in [2.05, 4.69) is 12.1 Å². The highest BCUT2D eigenvalue weighted by Gasteiger charge is 2.29. The molecule has 0 rings (SSSR count). The van der Waals surface area contributed by atoms with Crippen LogP contribution in [0.2, 0.25) is 0 Å². The Labute approximate surface area is 178 Å². The van der Waals surface area contributed by atoms with E-state index in [9.17, 15) is 0 Å². The summed E-state index contributed by atoms with van der Waals surface area (Å²) < 4.78 is 17.6. The Morgan fingerprint density at radius 2 is 0.900 bits per heavy atom. The van der Waals surface area contributed by atoms with Gasteiger partial charge in [0.25, 0.3) is 0 Å². The molecule has 0 aromatic rings. The first-order chi connectivity index (χ1) is 14.7. The number of allylic oxidation sites excluding steroid dienone is 2. The van der Waals surface area contributed by atoms with Gasteiger partial charge >= 0.3 is 0 Å². The van der Waals surface area contributed by atoms with Gasteiger partial charge in [-0.2, -0.15) is 26.3 Å². The molecule has 8 nitrogen and oxygen atoms in total. The average Bonchev–Trinajstić information content (AvgIpc) is 2.75. The summed E-state index contributed by atoms with van der Waals surface area (Å²) in [6.45, 7) is 0.533. The van der Waals surface area contributed by atoms with Crippen LogP contribution in [0.5, 0.6) is 0 Å². The Morgan fingerprint density at radius 1 is 0.533 bits per heavy atom. The SMILES string of the molecule is N#CCC/C=C/C(OCCC#N)C(OCCC#N)C(/C=C/CCC#N)OCCC#N. The van der Waals surface area contributed by atoms with Crippen molar-refractivity contribution < 1.29 is 14.2 Å². The van der Waals surface area contributed by atoms with Gasteiger partial charge in [0.1, 0.15) is 18.3 Å². The summed E-state index contributed by atoms with van der Waals surface area (Å²) in [4.78, 5) is 0. The lowest BCUT2D eigenvalue weighted by molar-refractivity contribution is -0.109. The molecule has 0 aliphatic heterocycles. The Morgan fingerprint density at radius 3 is 1.27 bits per heavy atom. The third-order valence-electron chi connectivity index (χ3n) is 3.72. The normalized spacial score (nSPS) is 13.6. The molecule has 30 heavy (non-hydrogen) atoms. The number of unbranched alkanes of at least 4 members (excludes halogenated alkanes) is 2. The van der Waals surface area contributed by atoms with Gasteiger partial charge in [-0.25, -0.2) is 0 Å². The van der Waals surface area contributed by atoms with Crippen molar-refractivity contribution in [3.05, 3.63) is 24.3 Å². The standard InChI is InChI=1S/C22H27N5O3/c23-12-5-1-3-10-20(28-17-7-14-25)22(30-19-9-16-27)21(29-18-8-15-26)11-4-2-6-13-24/h3-4,10-11,20-22H,1-2,5-9,17-19H2/b10-3+,11-4+. The van der Waals surface area contributed by atoms with E-state index in [1.807, 2.05) is 30.4 Å². The average molecular weight is 409 g/mol. The molecule has 0 saturated heterocycles. The minimum absolute atomic E-state index is 0.162. The molecule has 0 amide bonds. The molecular weight excluding hydrogens is 382 g/mol. The zero-order chi connectivity index (χ0) is 22.3. The summed E-state index contributed by atoms with van der Waals surface area (Å²) in [6, 6.07) is 10.2. The molecule has 0 heterocycles. The maximum Gasteiger partial charge on any atom is 0.117 e. The van der Waals surface area contributed by atoms with Crippen molar-refractivity contribution in [2.24, 2.45) is 0 Å². The van der Waals surface area contributed by atoms with Gasteiger partial charge in [-0.05, 0) is 12.8 Å². The van der Waals surface area contributed by atoms with Crippen LogP contribution >= 0.6 is 0 Å². The minimum Gasteiger partial charge on any atom is -0.371 e. The van der Waals surface area contributed by atoms with Crippen LogP contribution in [-0.4, -0.2) is 38.1 Å². The molecule has 0 fully saturated rings. The quantitative estimate of drug-likeness (QED) is 0.261. The van der Waals surface area contributed by atoms with Crippen molar-refractivity contribution in [2.75, 3.05) is 19.8 Å². The predicted molar refractivity (Wildman–Crippen MR) is 108 cm³/mol. The second-order valence-electron chi connectivity index (χ2n) is 5.98. The topological polar surface area (TPSA) is 147 Å². The maximum absolute atomic E-state index is 8.85. The van der Waals surface area contributed by atoms with Crippen LogP contribution in [0, 0.1) is 56.7 Å². The van der Waals surface area contributed by atoms with E-state index in [1.165, 1.54) is 0 Å². The molecular formula is C22H27N5O3. The fourth-order valence-electron chi connectivity index (χ4n) is 2.37. The van der Waals surface area contributed by atoms with Gasteiger partial charge in [0.15, 0.2) is 0 Å². The first kappa shape index (κ1) is 26.8. The van der Waals surface area contributed by atoms with Gasteiger partial charge in [-0.3, -0.25) is 0 Å². The first-order valence-corrected chi connectivity index (χ1v) is 9.78. The molecule has 0 N–H and O–H groups in total. The number of ether oxygens (including phenoxy) is 3. The van der Waals surface area contributed by atoms with Crippen molar-refractivity contribution in [3.8, 4) is 30.3 Å².